The number of halogens is 3. The lowest BCUT2D eigenvalue weighted by atomic mass is 9.90. The summed E-state index contributed by atoms with van der Waals surface area (Å²) in [6, 6.07) is 4.80. The van der Waals surface area contributed by atoms with Gasteiger partial charge in [0, 0.05) is 18.8 Å². The normalized spacial score (nSPS) is 23.6. The second kappa shape index (κ2) is 5.17. The average Bonchev–Trinajstić information content (AvgIpc) is 2.81. The van der Waals surface area contributed by atoms with Crippen molar-refractivity contribution in [1.82, 2.24) is 0 Å². The average molecular weight is 322 g/mol. The van der Waals surface area contributed by atoms with Crippen LogP contribution in [0.3, 0.4) is 0 Å². The third-order valence-electron chi connectivity index (χ3n) is 3.87. The molecule has 0 aromatic heterocycles. The van der Waals surface area contributed by atoms with Crippen LogP contribution in [0.1, 0.15) is 13.3 Å². The third-order valence-corrected chi connectivity index (χ3v) is 5.37. The van der Waals surface area contributed by atoms with E-state index in [1.54, 1.807) is 0 Å². The number of alkyl halides is 3. The van der Waals surface area contributed by atoms with Crippen molar-refractivity contribution in [3.63, 3.8) is 0 Å². The highest BCUT2D eigenvalue weighted by Gasteiger charge is 2.46. The summed E-state index contributed by atoms with van der Waals surface area (Å²) in [5, 5.41) is 0. The van der Waals surface area contributed by atoms with Gasteiger partial charge in [0.05, 0.1) is 4.90 Å². The number of rotatable bonds is 3. The van der Waals surface area contributed by atoms with Gasteiger partial charge in [0.15, 0.2) is 0 Å². The monoisotopic (exact) mass is 322 g/mol. The minimum Gasteiger partial charge on any atom is -0.371 e. The Morgan fingerprint density at radius 3 is 2.29 bits per heavy atom. The molecule has 1 unspecified atom stereocenters. The molecular weight excluding hydrogens is 305 g/mol. The lowest BCUT2D eigenvalue weighted by Crippen LogP contribution is -2.31. The maximum Gasteiger partial charge on any atom is 0.501 e. The lowest BCUT2D eigenvalue weighted by molar-refractivity contribution is -0.0436. The summed E-state index contributed by atoms with van der Waals surface area (Å²) in [5.41, 5.74) is 1.11. The zero-order valence-corrected chi connectivity index (χ0v) is 12.3. The number of nitrogens with two attached hydrogens (primary N) is 1. The van der Waals surface area contributed by atoms with Gasteiger partial charge in [-0.15, -0.1) is 0 Å². The predicted molar refractivity (Wildman–Crippen MR) is 73.7 cm³/mol. The smallest absolute Gasteiger partial charge is 0.371 e. The first-order chi connectivity index (χ1) is 9.59. The molecule has 1 saturated heterocycles. The number of anilines is 1. The second-order valence-electron chi connectivity index (χ2n) is 5.63. The molecule has 0 spiro atoms. The van der Waals surface area contributed by atoms with Crippen LogP contribution >= 0.6 is 0 Å². The van der Waals surface area contributed by atoms with Crippen LogP contribution in [0.4, 0.5) is 18.9 Å². The summed E-state index contributed by atoms with van der Waals surface area (Å²) in [6.45, 7) is 4.04. The molecule has 8 heteroatoms. The number of benzene rings is 1. The molecule has 0 radical (unpaired) electrons. The molecule has 1 aromatic rings. The van der Waals surface area contributed by atoms with Gasteiger partial charge in [-0.2, -0.15) is 13.2 Å². The van der Waals surface area contributed by atoms with Crippen molar-refractivity contribution in [2.75, 3.05) is 24.5 Å². The lowest BCUT2D eigenvalue weighted by Gasteiger charge is -2.24. The summed E-state index contributed by atoms with van der Waals surface area (Å²) < 4.78 is 59.9. The topological polar surface area (TPSA) is 63.4 Å². The Labute approximate surface area is 121 Å². The zero-order valence-electron chi connectivity index (χ0n) is 11.5. The van der Waals surface area contributed by atoms with Crippen molar-refractivity contribution in [2.45, 2.75) is 23.7 Å². The molecule has 0 saturated carbocycles. The van der Waals surface area contributed by atoms with Gasteiger partial charge < -0.3 is 10.6 Å². The largest absolute Gasteiger partial charge is 0.501 e. The van der Waals surface area contributed by atoms with Gasteiger partial charge in [-0.05, 0) is 42.6 Å². The fraction of sp³-hybridized carbons (Fsp3) is 0.538. The summed E-state index contributed by atoms with van der Waals surface area (Å²) in [6.07, 6.45) is 0.895. The van der Waals surface area contributed by atoms with Crippen LogP contribution in [-0.2, 0) is 9.84 Å². The molecule has 1 aliphatic heterocycles. The Morgan fingerprint density at radius 1 is 1.29 bits per heavy atom. The Bertz CT molecular complexity index is 613. The highest BCUT2D eigenvalue weighted by Crippen LogP contribution is 2.34. The number of hydrogen-bond acceptors (Lipinski definition) is 4. The molecule has 2 N–H and O–H groups in total. The molecule has 1 fully saturated rings. The molecule has 118 valence electrons. The first-order valence-electron chi connectivity index (χ1n) is 6.45. The summed E-state index contributed by atoms with van der Waals surface area (Å²) in [5.74, 6) is 0. The van der Waals surface area contributed by atoms with E-state index in [0.717, 1.165) is 25.1 Å². The molecule has 0 bridgehead atoms. The Balaban J connectivity index is 2.22. The van der Waals surface area contributed by atoms with E-state index in [4.69, 9.17) is 5.73 Å². The Hall–Kier alpha value is -1.28. The second-order valence-corrected chi connectivity index (χ2v) is 7.57. The van der Waals surface area contributed by atoms with Crippen LogP contribution in [0.15, 0.2) is 29.2 Å². The first-order valence-corrected chi connectivity index (χ1v) is 7.94. The molecule has 4 nitrogen and oxygen atoms in total. The Morgan fingerprint density at radius 2 is 1.86 bits per heavy atom. The van der Waals surface area contributed by atoms with E-state index in [9.17, 15) is 21.6 Å². The van der Waals surface area contributed by atoms with Crippen molar-refractivity contribution in [3.05, 3.63) is 24.3 Å². The fourth-order valence-corrected chi connectivity index (χ4v) is 3.14. The van der Waals surface area contributed by atoms with Crippen LogP contribution < -0.4 is 10.6 Å². The molecule has 1 aromatic carbocycles. The summed E-state index contributed by atoms with van der Waals surface area (Å²) in [4.78, 5) is 1.26. The minimum atomic E-state index is -5.28. The van der Waals surface area contributed by atoms with Crippen molar-refractivity contribution >= 4 is 15.5 Å². The van der Waals surface area contributed by atoms with Gasteiger partial charge in [-0.1, -0.05) is 6.92 Å². The van der Waals surface area contributed by atoms with E-state index in [0.29, 0.717) is 18.8 Å². The number of nitrogens with zero attached hydrogens (tertiary/aromatic N) is 1. The van der Waals surface area contributed by atoms with E-state index < -0.39 is 20.2 Å². The first kappa shape index (κ1) is 16.1. The highest BCUT2D eigenvalue weighted by molar-refractivity contribution is 7.92. The maximum atomic E-state index is 12.5. The molecule has 0 amide bonds. The van der Waals surface area contributed by atoms with E-state index in [1.807, 2.05) is 4.90 Å². The van der Waals surface area contributed by atoms with Crippen molar-refractivity contribution in [3.8, 4) is 0 Å². The molecule has 21 heavy (non-hydrogen) atoms. The molecule has 1 aliphatic rings. The molecular formula is C13H17F3N2O2S. The van der Waals surface area contributed by atoms with Crippen LogP contribution in [0.2, 0.25) is 0 Å². The Kier molecular flexibility index (Phi) is 3.96. The van der Waals surface area contributed by atoms with E-state index in [-0.39, 0.29) is 5.41 Å². The molecule has 1 atom stereocenters. The van der Waals surface area contributed by atoms with Crippen molar-refractivity contribution < 1.29 is 21.6 Å². The highest BCUT2D eigenvalue weighted by atomic mass is 32.2. The van der Waals surface area contributed by atoms with Gasteiger partial charge >= 0.3 is 5.51 Å². The molecule has 0 aliphatic carbocycles. The van der Waals surface area contributed by atoms with Gasteiger partial charge in [-0.3, -0.25) is 0 Å². The molecule has 1 heterocycles. The van der Waals surface area contributed by atoms with E-state index >= 15 is 0 Å². The summed E-state index contributed by atoms with van der Waals surface area (Å²) >= 11 is 0. The minimum absolute atomic E-state index is 0.0171. The third kappa shape index (κ3) is 3.01. The SMILES string of the molecule is CC1(CN)CCN(c2ccc(S(=O)(=O)C(F)(F)F)cc2)C1. The van der Waals surface area contributed by atoms with Crippen molar-refractivity contribution in [2.24, 2.45) is 11.1 Å². The predicted octanol–water partition coefficient (Wildman–Crippen LogP) is 2.16. The number of sulfone groups is 1. The zero-order chi connectivity index (χ0) is 15.9. The maximum absolute atomic E-state index is 12.5. The fourth-order valence-electron chi connectivity index (χ4n) is 2.38. The van der Waals surface area contributed by atoms with Gasteiger partial charge in [0.1, 0.15) is 0 Å². The quantitative estimate of drug-likeness (QED) is 0.926. The van der Waals surface area contributed by atoms with Crippen molar-refractivity contribution in [1.29, 1.82) is 0 Å². The van der Waals surface area contributed by atoms with E-state index in [1.165, 1.54) is 12.1 Å². The summed E-state index contributed by atoms with van der Waals surface area (Å²) in [7, 11) is -5.28. The van der Waals surface area contributed by atoms with Gasteiger partial charge in [0.25, 0.3) is 9.84 Å². The van der Waals surface area contributed by atoms with Crippen LogP contribution in [0.5, 0.6) is 0 Å². The molecule has 2 rings (SSSR count). The van der Waals surface area contributed by atoms with Gasteiger partial charge in [0.2, 0.25) is 0 Å². The standard InChI is InChI=1S/C13H17F3N2O2S/c1-12(8-17)6-7-18(9-12)10-2-4-11(5-3-10)21(19,20)13(14,15)16/h2-5H,6-9,17H2,1H3. The van der Waals surface area contributed by atoms with E-state index in [2.05, 4.69) is 6.92 Å². The van der Waals surface area contributed by atoms with Crippen LogP contribution in [0.25, 0.3) is 0 Å². The van der Waals surface area contributed by atoms with Crippen LogP contribution in [0, 0.1) is 5.41 Å². The van der Waals surface area contributed by atoms with Crippen LogP contribution in [-0.4, -0.2) is 33.6 Å². The van der Waals surface area contributed by atoms with Gasteiger partial charge in [-0.25, -0.2) is 8.42 Å². The number of hydrogen-bond donors (Lipinski definition) is 1.